The first-order valence-electron chi connectivity index (χ1n) is 8.87. The van der Waals surface area contributed by atoms with Crippen molar-refractivity contribution in [2.24, 2.45) is 0 Å². The van der Waals surface area contributed by atoms with Gasteiger partial charge in [-0.05, 0) is 55.4 Å². The van der Waals surface area contributed by atoms with Gasteiger partial charge in [-0.15, -0.1) is 10.8 Å². The molecule has 0 amide bonds. The van der Waals surface area contributed by atoms with Gasteiger partial charge in [-0.2, -0.15) is 5.10 Å². The fraction of sp³-hybridized carbons (Fsp3) is 0.444. The Bertz CT molecular complexity index is 900. The zero-order valence-electron chi connectivity index (χ0n) is 14.4. The maximum absolute atomic E-state index is 14.3. The van der Waals surface area contributed by atoms with Crippen molar-refractivity contribution in [3.8, 4) is 0 Å². The van der Waals surface area contributed by atoms with Crippen molar-refractivity contribution < 1.29 is 13.5 Å². The van der Waals surface area contributed by atoms with E-state index in [4.69, 9.17) is 0 Å². The van der Waals surface area contributed by atoms with E-state index in [0.29, 0.717) is 19.4 Å². The standard InChI is InChI=1S/C18H22FN3O3S/c19-15-7-6-12(11-17(15)22-8-3-9-26(22,24)25)10-16-13-4-1-2-5-14(13)18(23)21-20-16/h6-7,11,24-25H,1-5,8-10H2,(H,21,23). The van der Waals surface area contributed by atoms with Crippen LogP contribution >= 0.6 is 10.8 Å². The number of nitrogens with zero attached hydrogens (tertiary/aromatic N) is 2. The van der Waals surface area contributed by atoms with Crippen molar-refractivity contribution in [1.29, 1.82) is 0 Å². The lowest BCUT2D eigenvalue weighted by Gasteiger charge is -2.38. The predicted octanol–water partition coefficient (Wildman–Crippen LogP) is 3.25. The van der Waals surface area contributed by atoms with Crippen molar-refractivity contribution in [1.82, 2.24) is 10.2 Å². The van der Waals surface area contributed by atoms with Crippen LogP contribution in [0.2, 0.25) is 0 Å². The Morgan fingerprint density at radius 3 is 2.69 bits per heavy atom. The summed E-state index contributed by atoms with van der Waals surface area (Å²) in [4.78, 5) is 12.0. The number of nitrogens with one attached hydrogen (secondary N) is 1. The molecule has 0 bridgehead atoms. The summed E-state index contributed by atoms with van der Waals surface area (Å²) in [7, 11) is -2.94. The number of aromatic amines is 1. The molecule has 1 saturated heterocycles. The normalized spacial score (nSPS) is 20.0. The van der Waals surface area contributed by atoms with Gasteiger partial charge < -0.3 is 0 Å². The third kappa shape index (κ3) is 3.13. The van der Waals surface area contributed by atoms with Crippen molar-refractivity contribution >= 4 is 16.5 Å². The Kier molecular flexibility index (Phi) is 4.50. The Hall–Kier alpha value is -1.90. The first kappa shape index (κ1) is 17.5. The SMILES string of the molecule is O=c1[nH]nc(Cc2ccc(F)c(N3CCCS3(O)O)c2)c2c1CCCC2. The highest BCUT2D eigenvalue weighted by molar-refractivity contribution is 8.25. The molecule has 3 N–H and O–H groups in total. The van der Waals surface area contributed by atoms with Crippen molar-refractivity contribution in [3.63, 3.8) is 0 Å². The van der Waals surface area contributed by atoms with Gasteiger partial charge >= 0.3 is 0 Å². The summed E-state index contributed by atoms with van der Waals surface area (Å²) in [6.45, 7) is 0.426. The molecule has 1 aliphatic carbocycles. The van der Waals surface area contributed by atoms with Gasteiger partial charge in [0.05, 0.1) is 17.1 Å². The zero-order valence-corrected chi connectivity index (χ0v) is 15.2. The predicted molar refractivity (Wildman–Crippen MR) is 100 cm³/mol. The summed E-state index contributed by atoms with van der Waals surface area (Å²) in [6.07, 6.45) is 4.74. The van der Waals surface area contributed by atoms with Crippen LogP contribution in [0.15, 0.2) is 23.0 Å². The molecule has 26 heavy (non-hydrogen) atoms. The van der Waals surface area contributed by atoms with E-state index in [0.717, 1.165) is 48.1 Å². The average molecular weight is 379 g/mol. The smallest absolute Gasteiger partial charge is 0.267 e. The molecule has 0 saturated carbocycles. The number of hydrogen-bond donors (Lipinski definition) is 3. The maximum atomic E-state index is 14.3. The van der Waals surface area contributed by atoms with Crippen LogP contribution in [-0.2, 0) is 19.3 Å². The van der Waals surface area contributed by atoms with Crippen LogP contribution in [0.4, 0.5) is 10.1 Å². The third-order valence-electron chi connectivity index (χ3n) is 5.17. The van der Waals surface area contributed by atoms with Crippen LogP contribution < -0.4 is 9.86 Å². The molecule has 2 aromatic rings. The van der Waals surface area contributed by atoms with Gasteiger partial charge in [-0.3, -0.25) is 18.2 Å². The molecular formula is C18H22FN3O3S. The first-order chi connectivity index (χ1) is 12.5. The molecule has 0 atom stereocenters. The lowest BCUT2D eigenvalue weighted by molar-refractivity contribution is 0.490. The van der Waals surface area contributed by atoms with Gasteiger partial charge in [0.2, 0.25) is 0 Å². The topological polar surface area (TPSA) is 89.5 Å². The molecule has 0 radical (unpaired) electrons. The molecule has 0 unspecified atom stereocenters. The summed E-state index contributed by atoms with van der Waals surface area (Å²) >= 11 is 0. The van der Waals surface area contributed by atoms with Crippen LogP contribution in [0.25, 0.3) is 0 Å². The summed E-state index contributed by atoms with van der Waals surface area (Å²) in [5.74, 6) is -0.196. The van der Waals surface area contributed by atoms with E-state index >= 15 is 0 Å². The second kappa shape index (κ2) is 6.68. The lowest BCUT2D eigenvalue weighted by atomic mass is 9.90. The van der Waals surface area contributed by atoms with Gasteiger partial charge in [-0.1, -0.05) is 6.07 Å². The monoisotopic (exact) mass is 379 g/mol. The van der Waals surface area contributed by atoms with Crippen LogP contribution in [0, 0.1) is 5.82 Å². The molecule has 2 aliphatic rings. The number of hydrogen-bond acceptors (Lipinski definition) is 5. The maximum Gasteiger partial charge on any atom is 0.267 e. The highest BCUT2D eigenvalue weighted by atomic mass is 32.3. The molecule has 1 aliphatic heterocycles. The number of H-pyrrole nitrogens is 1. The van der Waals surface area contributed by atoms with E-state index in [1.165, 1.54) is 10.4 Å². The van der Waals surface area contributed by atoms with E-state index in [1.807, 2.05) is 0 Å². The molecule has 1 fully saturated rings. The minimum Gasteiger partial charge on any atom is -0.282 e. The van der Waals surface area contributed by atoms with Gasteiger partial charge in [0.1, 0.15) is 5.82 Å². The zero-order chi connectivity index (χ0) is 18.3. The summed E-state index contributed by atoms with van der Waals surface area (Å²) in [5, 5.41) is 6.80. The van der Waals surface area contributed by atoms with Crippen LogP contribution in [0.1, 0.15) is 41.6 Å². The number of rotatable bonds is 3. The van der Waals surface area contributed by atoms with Crippen molar-refractivity contribution in [2.75, 3.05) is 16.6 Å². The van der Waals surface area contributed by atoms with E-state index in [2.05, 4.69) is 10.2 Å². The van der Waals surface area contributed by atoms with Crippen LogP contribution in [-0.4, -0.2) is 31.6 Å². The molecule has 0 spiro atoms. The highest BCUT2D eigenvalue weighted by Gasteiger charge is 2.31. The molecule has 1 aromatic carbocycles. The van der Waals surface area contributed by atoms with Crippen molar-refractivity contribution in [3.05, 3.63) is 56.8 Å². The number of fused-ring (bicyclic) bond motifs is 1. The lowest BCUT2D eigenvalue weighted by Crippen LogP contribution is -2.24. The van der Waals surface area contributed by atoms with Gasteiger partial charge in [0.25, 0.3) is 5.56 Å². The second-order valence-corrected chi connectivity index (χ2v) is 9.03. The minimum atomic E-state index is -2.94. The molecular weight excluding hydrogens is 357 g/mol. The van der Waals surface area contributed by atoms with E-state index in [-0.39, 0.29) is 17.0 Å². The Labute approximate surface area is 152 Å². The molecule has 6 nitrogen and oxygen atoms in total. The fourth-order valence-corrected chi connectivity index (χ4v) is 5.48. The van der Waals surface area contributed by atoms with Gasteiger partial charge in [0.15, 0.2) is 0 Å². The van der Waals surface area contributed by atoms with Crippen LogP contribution in [0.5, 0.6) is 0 Å². The Balaban J connectivity index is 1.68. The van der Waals surface area contributed by atoms with Crippen molar-refractivity contribution in [2.45, 2.75) is 38.5 Å². The van der Waals surface area contributed by atoms with E-state index in [9.17, 15) is 18.3 Å². The van der Waals surface area contributed by atoms with Crippen LogP contribution in [0.3, 0.4) is 0 Å². The first-order valence-corrected chi connectivity index (χ1v) is 10.5. The Morgan fingerprint density at radius 1 is 1.19 bits per heavy atom. The fourth-order valence-electron chi connectivity index (χ4n) is 3.86. The number of anilines is 1. The quantitative estimate of drug-likeness (QED) is 0.762. The largest absolute Gasteiger partial charge is 0.282 e. The van der Waals surface area contributed by atoms with Gasteiger partial charge in [-0.25, -0.2) is 9.49 Å². The van der Waals surface area contributed by atoms with E-state index < -0.39 is 16.6 Å². The highest BCUT2D eigenvalue weighted by Crippen LogP contribution is 2.51. The molecule has 140 valence electrons. The number of aromatic nitrogens is 2. The minimum absolute atomic E-state index is 0.116. The number of benzene rings is 1. The molecule has 1 aromatic heterocycles. The van der Waals surface area contributed by atoms with E-state index in [1.54, 1.807) is 12.1 Å². The second-order valence-electron chi connectivity index (χ2n) is 6.92. The summed E-state index contributed by atoms with van der Waals surface area (Å²) in [6, 6.07) is 4.70. The molecule has 8 heteroatoms. The molecule has 2 heterocycles. The molecule has 4 rings (SSSR count). The third-order valence-corrected chi connectivity index (χ3v) is 7.09. The summed E-state index contributed by atoms with van der Waals surface area (Å²) < 4.78 is 36.0. The number of halogens is 1. The Morgan fingerprint density at radius 2 is 1.96 bits per heavy atom. The summed E-state index contributed by atoms with van der Waals surface area (Å²) in [5.41, 5.74) is 3.57. The average Bonchev–Trinajstić information content (AvgIpc) is 2.98. The van der Waals surface area contributed by atoms with Gasteiger partial charge in [0, 0.05) is 18.5 Å².